The quantitative estimate of drug-likeness (QED) is 0.824. The van der Waals surface area contributed by atoms with E-state index in [1.807, 2.05) is 24.3 Å². The molecule has 5 heteroatoms. The van der Waals surface area contributed by atoms with Gasteiger partial charge in [-0.1, -0.05) is 36.4 Å². The lowest BCUT2D eigenvalue weighted by molar-refractivity contribution is 0.406. The van der Waals surface area contributed by atoms with Gasteiger partial charge >= 0.3 is 0 Å². The molecule has 2 rings (SSSR count). The molecule has 0 saturated carbocycles. The van der Waals surface area contributed by atoms with Crippen LogP contribution in [0, 0.1) is 0 Å². The normalized spacial score (nSPS) is 11.6. The zero-order valence-corrected chi connectivity index (χ0v) is 13.0. The van der Waals surface area contributed by atoms with E-state index >= 15 is 0 Å². The lowest BCUT2D eigenvalue weighted by atomic mass is 10.1. The van der Waals surface area contributed by atoms with E-state index in [9.17, 15) is 8.42 Å². The molecule has 0 bridgehead atoms. The van der Waals surface area contributed by atoms with Crippen molar-refractivity contribution in [2.24, 2.45) is 0 Å². The first-order valence-electron chi connectivity index (χ1n) is 6.69. The summed E-state index contributed by atoms with van der Waals surface area (Å²) < 4.78 is 31.5. The van der Waals surface area contributed by atoms with Crippen molar-refractivity contribution < 1.29 is 13.2 Å². The SMILES string of the molecule is COc1ccccc1CCN(C)S(=O)(=O)c1ccccc1. The monoisotopic (exact) mass is 305 g/mol. The molecule has 0 heterocycles. The Morgan fingerprint density at radius 3 is 2.29 bits per heavy atom. The molecule has 0 fully saturated rings. The molecule has 0 amide bonds. The maximum absolute atomic E-state index is 12.4. The number of ether oxygens (including phenoxy) is 1. The molecule has 0 unspecified atom stereocenters. The molecular formula is C16H19NO3S. The summed E-state index contributed by atoms with van der Waals surface area (Å²) in [7, 11) is -0.227. The van der Waals surface area contributed by atoms with E-state index in [0.717, 1.165) is 11.3 Å². The number of hydrogen-bond donors (Lipinski definition) is 0. The van der Waals surface area contributed by atoms with Gasteiger partial charge in [-0.05, 0) is 30.2 Å². The highest BCUT2D eigenvalue weighted by Gasteiger charge is 2.20. The molecule has 2 aromatic rings. The molecule has 0 aliphatic heterocycles. The third kappa shape index (κ3) is 3.62. The Kier molecular flexibility index (Phi) is 4.98. The number of nitrogens with zero attached hydrogens (tertiary/aromatic N) is 1. The molecule has 0 radical (unpaired) electrons. The number of rotatable bonds is 6. The minimum absolute atomic E-state index is 0.313. The highest BCUT2D eigenvalue weighted by atomic mass is 32.2. The van der Waals surface area contributed by atoms with Crippen molar-refractivity contribution in [3.05, 3.63) is 60.2 Å². The number of para-hydroxylation sites is 1. The Labute approximate surface area is 126 Å². The van der Waals surface area contributed by atoms with E-state index in [1.54, 1.807) is 44.5 Å². The molecule has 0 spiro atoms. The highest BCUT2D eigenvalue weighted by molar-refractivity contribution is 7.89. The van der Waals surface area contributed by atoms with Gasteiger partial charge in [0.1, 0.15) is 5.75 Å². The van der Waals surface area contributed by atoms with Crippen LogP contribution in [0.1, 0.15) is 5.56 Å². The third-order valence-electron chi connectivity index (χ3n) is 3.34. The predicted molar refractivity (Wildman–Crippen MR) is 83.0 cm³/mol. The van der Waals surface area contributed by atoms with Crippen molar-refractivity contribution in [2.75, 3.05) is 20.7 Å². The van der Waals surface area contributed by atoms with Crippen molar-refractivity contribution in [1.82, 2.24) is 4.31 Å². The van der Waals surface area contributed by atoms with E-state index in [4.69, 9.17) is 4.74 Å². The van der Waals surface area contributed by atoms with Crippen molar-refractivity contribution in [2.45, 2.75) is 11.3 Å². The summed E-state index contributed by atoms with van der Waals surface area (Å²) in [6, 6.07) is 16.1. The first-order chi connectivity index (χ1) is 10.1. The molecule has 0 saturated heterocycles. The number of likely N-dealkylation sites (N-methyl/N-ethyl adjacent to an activating group) is 1. The smallest absolute Gasteiger partial charge is 0.242 e. The topological polar surface area (TPSA) is 46.6 Å². The minimum atomic E-state index is -3.44. The van der Waals surface area contributed by atoms with E-state index in [0.29, 0.717) is 17.9 Å². The second kappa shape index (κ2) is 6.74. The standard InChI is InChI=1S/C16H19NO3S/c1-17(21(18,19)15-9-4-3-5-10-15)13-12-14-8-6-7-11-16(14)20-2/h3-11H,12-13H2,1-2H3. The molecule has 21 heavy (non-hydrogen) atoms. The molecule has 0 aliphatic carbocycles. The number of hydrogen-bond acceptors (Lipinski definition) is 3. The Hall–Kier alpha value is -1.85. The highest BCUT2D eigenvalue weighted by Crippen LogP contribution is 2.19. The zero-order chi connectivity index (χ0) is 15.3. The summed E-state index contributed by atoms with van der Waals surface area (Å²) in [6.45, 7) is 0.400. The van der Waals surface area contributed by atoms with Crippen LogP contribution in [0.25, 0.3) is 0 Å². The molecule has 0 N–H and O–H groups in total. The van der Waals surface area contributed by atoms with Crippen molar-refractivity contribution in [1.29, 1.82) is 0 Å². The molecular weight excluding hydrogens is 286 g/mol. The fourth-order valence-electron chi connectivity index (χ4n) is 2.08. The summed E-state index contributed by atoms with van der Waals surface area (Å²) in [5, 5.41) is 0. The van der Waals surface area contributed by atoms with Gasteiger partial charge in [-0.2, -0.15) is 0 Å². The number of benzene rings is 2. The Morgan fingerprint density at radius 2 is 1.62 bits per heavy atom. The van der Waals surface area contributed by atoms with Gasteiger partial charge < -0.3 is 4.74 Å². The maximum Gasteiger partial charge on any atom is 0.242 e. The van der Waals surface area contributed by atoms with Gasteiger partial charge in [0.25, 0.3) is 0 Å². The van der Waals surface area contributed by atoms with E-state index in [2.05, 4.69) is 0 Å². The Balaban J connectivity index is 2.10. The van der Waals surface area contributed by atoms with Crippen LogP contribution < -0.4 is 4.74 Å². The van der Waals surface area contributed by atoms with Gasteiger partial charge in [0.05, 0.1) is 12.0 Å². The van der Waals surface area contributed by atoms with Gasteiger partial charge in [0.2, 0.25) is 10.0 Å². The Bertz CT molecular complexity index is 684. The van der Waals surface area contributed by atoms with Crippen LogP contribution in [-0.2, 0) is 16.4 Å². The zero-order valence-electron chi connectivity index (χ0n) is 12.2. The second-order valence-electron chi connectivity index (χ2n) is 4.70. The van der Waals surface area contributed by atoms with Crippen LogP contribution in [0.5, 0.6) is 5.75 Å². The van der Waals surface area contributed by atoms with Gasteiger partial charge in [-0.3, -0.25) is 0 Å². The summed E-state index contributed by atoms with van der Waals surface area (Å²) in [4.78, 5) is 0.313. The van der Waals surface area contributed by atoms with E-state index in [-0.39, 0.29) is 0 Å². The summed E-state index contributed by atoms with van der Waals surface area (Å²) in [5.41, 5.74) is 0.995. The number of methoxy groups -OCH3 is 1. The first-order valence-corrected chi connectivity index (χ1v) is 8.13. The minimum Gasteiger partial charge on any atom is -0.496 e. The van der Waals surface area contributed by atoms with Crippen LogP contribution in [-0.4, -0.2) is 33.4 Å². The Morgan fingerprint density at radius 1 is 1.00 bits per heavy atom. The lowest BCUT2D eigenvalue weighted by Gasteiger charge is -2.18. The summed E-state index contributed by atoms with van der Waals surface area (Å²) in [6.07, 6.45) is 0.604. The van der Waals surface area contributed by atoms with Gasteiger partial charge in [-0.25, -0.2) is 12.7 Å². The van der Waals surface area contributed by atoms with Gasteiger partial charge in [0, 0.05) is 13.6 Å². The van der Waals surface area contributed by atoms with E-state index in [1.165, 1.54) is 4.31 Å². The molecule has 4 nitrogen and oxygen atoms in total. The van der Waals surface area contributed by atoms with Crippen molar-refractivity contribution in [3.8, 4) is 5.75 Å². The average Bonchev–Trinajstić information content (AvgIpc) is 2.53. The van der Waals surface area contributed by atoms with E-state index < -0.39 is 10.0 Å². The fourth-order valence-corrected chi connectivity index (χ4v) is 3.27. The van der Waals surface area contributed by atoms with Crippen LogP contribution >= 0.6 is 0 Å². The second-order valence-corrected chi connectivity index (χ2v) is 6.75. The van der Waals surface area contributed by atoms with Gasteiger partial charge in [0.15, 0.2) is 0 Å². The van der Waals surface area contributed by atoms with Crippen LogP contribution in [0.4, 0.5) is 0 Å². The van der Waals surface area contributed by atoms with Crippen LogP contribution in [0.15, 0.2) is 59.5 Å². The largest absolute Gasteiger partial charge is 0.496 e. The summed E-state index contributed by atoms with van der Waals surface area (Å²) in [5.74, 6) is 0.781. The van der Waals surface area contributed by atoms with Crippen molar-refractivity contribution >= 4 is 10.0 Å². The third-order valence-corrected chi connectivity index (χ3v) is 5.21. The predicted octanol–water partition coefficient (Wildman–Crippen LogP) is 2.56. The fraction of sp³-hybridized carbons (Fsp3) is 0.250. The number of sulfonamides is 1. The molecule has 0 aliphatic rings. The first kappa shape index (κ1) is 15.5. The van der Waals surface area contributed by atoms with Crippen LogP contribution in [0.2, 0.25) is 0 Å². The van der Waals surface area contributed by atoms with Crippen LogP contribution in [0.3, 0.4) is 0 Å². The summed E-state index contributed by atoms with van der Waals surface area (Å²) >= 11 is 0. The van der Waals surface area contributed by atoms with Gasteiger partial charge in [-0.15, -0.1) is 0 Å². The lowest BCUT2D eigenvalue weighted by Crippen LogP contribution is -2.29. The molecule has 2 aromatic carbocycles. The molecule has 112 valence electrons. The average molecular weight is 305 g/mol. The molecule has 0 aromatic heterocycles. The van der Waals surface area contributed by atoms with Crippen molar-refractivity contribution in [3.63, 3.8) is 0 Å². The maximum atomic E-state index is 12.4. The molecule has 0 atom stereocenters.